The van der Waals surface area contributed by atoms with Crippen LogP contribution in [0.3, 0.4) is 0 Å². The van der Waals surface area contributed by atoms with Crippen LogP contribution in [0.4, 0.5) is 0 Å². The van der Waals surface area contributed by atoms with Crippen molar-refractivity contribution in [2.75, 3.05) is 0 Å². The second kappa shape index (κ2) is 48.6. The minimum atomic E-state index is 0.715. The summed E-state index contributed by atoms with van der Waals surface area (Å²) in [4.78, 5) is 0. The molecule has 0 heterocycles. The average molecular weight is 1110 g/mol. The van der Waals surface area contributed by atoms with Crippen molar-refractivity contribution in [3.8, 4) is 35.4 Å². The van der Waals surface area contributed by atoms with Crippen molar-refractivity contribution in [1.82, 2.24) is 0 Å². The molecule has 4 fully saturated rings. The molecule has 82 heavy (non-hydrogen) atoms. The van der Waals surface area contributed by atoms with Crippen LogP contribution in [0.25, 0.3) is 11.1 Å². The Labute approximate surface area is 504 Å². The van der Waals surface area contributed by atoms with Crippen LogP contribution in [-0.4, -0.2) is 0 Å². The molecule has 0 spiro atoms. The molecule has 0 saturated heterocycles. The van der Waals surface area contributed by atoms with Gasteiger partial charge in [-0.25, -0.2) is 0 Å². The van der Waals surface area contributed by atoms with Crippen LogP contribution in [0.15, 0.2) is 121 Å². The highest BCUT2D eigenvalue weighted by atomic mass is 14.3. The van der Waals surface area contributed by atoms with Gasteiger partial charge in [0.15, 0.2) is 0 Å². The van der Waals surface area contributed by atoms with Gasteiger partial charge in [0.05, 0.1) is 46.5 Å². The molecule has 0 atom stereocenters. The van der Waals surface area contributed by atoms with Crippen LogP contribution in [0.1, 0.15) is 329 Å². The van der Waals surface area contributed by atoms with Gasteiger partial charge in [-0.1, -0.05) is 282 Å². The Morgan fingerprint density at radius 1 is 0.256 bits per heavy atom. The molecule has 0 aliphatic heterocycles. The quantitative estimate of drug-likeness (QED) is 0.110. The first-order chi connectivity index (χ1) is 40.2. The molecule has 0 amide bonds. The Bertz CT molecular complexity index is 2250. The molecule has 0 radical (unpaired) electrons. The zero-order valence-electron chi connectivity index (χ0n) is 53.3. The second-order valence-electron chi connectivity index (χ2n) is 23.3. The standard InChI is InChI=1S/C19H19N.3C13H15N.C7H16.2C5H12.C3H8/c20-14-15-6-8-17(9-7-15)19-12-10-18(11-13-19)16-4-2-1-3-5-16;3*14-10-11-6-8-13(9-7-11)12-4-2-1-3-5-12;1-3-5-7-6-4-2;2*1-3-5-4-2;1-3-2/h6-13,16H,1-5H2;3*6-9,12H,1-5H2;3-7H2,1-2H3;2*3-5H2,1-2H3;3H2,1-2H3. The van der Waals surface area contributed by atoms with Gasteiger partial charge in [0.25, 0.3) is 0 Å². The summed E-state index contributed by atoms with van der Waals surface area (Å²) in [6.07, 6.45) is 43.6. The van der Waals surface area contributed by atoms with Crippen LogP contribution < -0.4 is 0 Å². The van der Waals surface area contributed by atoms with Gasteiger partial charge < -0.3 is 0 Å². The largest absolute Gasteiger partial charge is 0.192 e. The summed E-state index contributed by atoms with van der Waals surface area (Å²) in [5.41, 5.74) is 11.2. The number of hydrogen-bond donors (Lipinski definition) is 0. The molecule has 4 aliphatic rings. The summed E-state index contributed by atoms with van der Waals surface area (Å²) >= 11 is 0. The van der Waals surface area contributed by atoms with Crippen LogP contribution in [0.5, 0.6) is 0 Å². The average Bonchev–Trinajstić information content (AvgIpc) is 3.57. The minimum Gasteiger partial charge on any atom is -0.192 e. The third-order valence-electron chi connectivity index (χ3n) is 16.3. The minimum absolute atomic E-state index is 0.715. The number of unbranched alkanes of at least 4 members (excludes halogenated alkanes) is 8. The van der Waals surface area contributed by atoms with Gasteiger partial charge >= 0.3 is 0 Å². The van der Waals surface area contributed by atoms with E-state index in [1.165, 1.54) is 239 Å². The second-order valence-corrected chi connectivity index (χ2v) is 23.3. The molecule has 4 aliphatic carbocycles. The van der Waals surface area contributed by atoms with Crippen LogP contribution in [-0.2, 0) is 0 Å². The van der Waals surface area contributed by atoms with Crippen LogP contribution in [0, 0.1) is 45.3 Å². The lowest BCUT2D eigenvalue weighted by molar-refractivity contribution is 0.443. The lowest BCUT2D eigenvalue weighted by atomic mass is 9.84. The van der Waals surface area contributed by atoms with E-state index in [-0.39, 0.29) is 0 Å². The van der Waals surface area contributed by atoms with Crippen molar-refractivity contribution >= 4 is 0 Å². The van der Waals surface area contributed by atoms with E-state index in [0.717, 1.165) is 40.4 Å². The molecule has 4 nitrogen and oxygen atoms in total. The zero-order chi connectivity index (χ0) is 59.7. The molecular weight excluding hydrogens is 993 g/mol. The lowest BCUT2D eigenvalue weighted by Gasteiger charge is -2.22. The van der Waals surface area contributed by atoms with Gasteiger partial charge in [-0.15, -0.1) is 0 Å². The van der Waals surface area contributed by atoms with E-state index in [4.69, 9.17) is 21.0 Å². The van der Waals surface area contributed by atoms with E-state index in [1.807, 2.05) is 60.7 Å². The van der Waals surface area contributed by atoms with E-state index >= 15 is 0 Å². The van der Waals surface area contributed by atoms with E-state index in [9.17, 15) is 0 Å². The highest BCUT2D eigenvalue weighted by Gasteiger charge is 2.18. The summed E-state index contributed by atoms with van der Waals surface area (Å²) in [6, 6.07) is 49.7. The van der Waals surface area contributed by atoms with Crippen LogP contribution >= 0.6 is 0 Å². The van der Waals surface area contributed by atoms with Crippen molar-refractivity contribution < 1.29 is 0 Å². The normalized spacial score (nSPS) is 14.9. The number of rotatable bonds is 13. The van der Waals surface area contributed by atoms with Crippen LogP contribution in [0.2, 0.25) is 0 Å². The maximum Gasteiger partial charge on any atom is 0.0991 e. The molecule has 0 aromatic heterocycles. The molecule has 0 unspecified atom stereocenters. The highest BCUT2D eigenvalue weighted by molar-refractivity contribution is 5.64. The third kappa shape index (κ3) is 31.5. The molecule has 5 aromatic rings. The molecule has 4 heteroatoms. The number of nitrogens with zero attached hydrogens (tertiary/aromatic N) is 4. The van der Waals surface area contributed by atoms with Crippen molar-refractivity contribution in [2.24, 2.45) is 0 Å². The molecule has 0 bridgehead atoms. The van der Waals surface area contributed by atoms with Gasteiger partial charge in [-0.05, 0) is 157 Å². The Hall–Kier alpha value is -5.94. The molecule has 0 N–H and O–H groups in total. The fourth-order valence-electron chi connectivity index (χ4n) is 11.3. The van der Waals surface area contributed by atoms with Crippen molar-refractivity contribution in [3.05, 3.63) is 166 Å². The fourth-order valence-corrected chi connectivity index (χ4v) is 11.3. The zero-order valence-corrected chi connectivity index (χ0v) is 53.3. The SMILES string of the molecule is CCC.CCCCC.CCCCC.CCCCCCC.N#Cc1ccc(-c2ccc(C3CCCCC3)cc2)cc1.N#Cc1ccc(C2CCCCC2)cc1.N#Cc1ccc(C2CCCCC2)cc1.N#Cc1ccc(C2CCCCC2)cc1. The number of nitriles is 4. The van der Waals surface area contributed by atoms with Gasteiger partial charge in [0, 0.05) is 0 Å². The predicted octanol–water partition coefficient (Wildman–Crippen LogP) is 24.9. The van der Waals surface area contributed by atoms with Gasteiger partial charge in [-0.3, -0.25) is 0 Å². The summed E-state index contributed by atoms with van der Waals surface area (Å²) in [7, 11) is 0. The summed E-state index contributed by atoms with van der Waals surface area (Å²) in [5, 5.41) is 34.9. The van der Waals surface area contributed by atoms with Crippen molar-refractivity contribution in [3.63, 3.8) is 0 Å². The Kier molecular flexibility index (Phi) is 42.7. The van der Waals surface area contributed by atoms with Gasteiger partial charge in [0.1, 0.15) is 0 Å². The number of benzene rings is 5. The first kappa shape index (κ1) is 72.2. The molecular formula is C78H112N4. The topological polar surface area (TPSA) is 95.2 Å². The summed E-state index contributed by atoms with van der Waals surface area (Å²) < 4.78 is 0. The monoisotopic (exact) mass is 1100 g/mol. The van der Waals surface area contributed by atoms with E-state index in [2.05, 4.69) is 140 Å². The highest BCUT2D eigenvalue weighted by Crippen LogP contribution is 2.36. The Balaban J connectivity index is 0.000000339. The van der Waals surface area contributed by atoms with Crippen molar-refractivity contribution in [1.29, 1.82) is 21.0 Å². The van der Waals surface area contributed by atoms with Gasteiger partial charge in [-0.2, -0.15) is 21.0 Å². The predicted molar refractivity (Wildman–Crippen MR) is 354 cm³/mol. The fraction of sp³-hybridized carbons (Fsp3) is 0.564. The lowest BCUT2D eigenvalue weighted by Crippen LogP contribution is -2.04. The molecule has 9 rings (SSSR count). The van der Waals surface area contributed by atoms with Gasteiger partial charge in [0.2, 0.25) is 0 Å². The van der Waals surface area contributed by atoms with Crippen molar-refractivity contribution in [2.45, 2.75) is 285 Å². The van der Waals surface area contributed by atoms with E-state index in [0.29, 0.717) is 5.56 Å². The summed E-state index contributed by atoms with van der Waals surface area (Å²) in [6.45, 7) is 17.6. The summed E-state index contributed by atoms with van der Waals surface area (Å²) in [5.74, 6) is 3.00. The first-order valence-corrected chi connectivity index (χ1v) is 33.3. The smallest absolute Gasteiger partial charge is 0.0991 e. The molecule has 4 saturated carbocycles. The maximum atomic E-state index is 8.83. The maximum absolute atomic E-state index is 8.83. The number of hydrogen-bond acceptors (Lipinski definition) is 4. The molecule has 444 valence electrons. The molecule has 5 aromatic carbocycles. The Morgan fingerprint density at radius 2 is 0.439 bits per heavy atom. The Morgan fingerprint density at radius 3 is 0.622 bits per heavy atom. The van der Waals surface area contributed by atoms with E-state index < -0.39 is 0 Å². The van der Waals surface area contributed by atoms with E-state index in [1.54, 1.807) is 0 Å². The third-order valence-corrected chi connectivity index (χ3v) is 16.3. The first-order valence-electron chi connectivity index (χ1n) is 33.3.